The van der Waals surface area contributed by atoms with Crippen molar-refractivity contribution in [3.05, 3.63) is 45.4 Å². The number of halogens is 3. The minimum absolute atomic E-state index is 0.233. The highest BCUT2D eigenvalue weighted by atomic mass is 79.9. The van der Waals surface area contributed by atoms with E-state index in [1.54, 1.807) is 12.1 Å². The summed E-state index contributed by atoms with van der Waals surface area (Å²) in [6, 6.07) is 6.12. The lowest BCUT2D eigenvalue weighted by atomic mass is 10.1. The van der Waals surface area contributed by atoms with E-state index in [4.69, 9.17) is 11.6 Å². The largest absolute Gasteiger partial charge is 0.233 e. The first-order valence-electron chi connectivity index (χ1n) is 5.47. The van der Waals surface area contributed by atoms with Crippen LogP contribution in [0.15, 0.2) is 28.7 Å². The zero-order valence-corrected chi connectivity index (χ0v) is 12.3. The van der Waals surface area contributed by atoms with Gasteiger partial charge >= 0.3 is 0 Å². The molecule has 2 aromatic rings. The topological polar surface area (TPSA) is 25.8 Å². The molecule has 94 valence electrons. The molecule has 0 fully saturated rings. The second-order valence-corrected chi connectivity index (χ2v) is 5.46. The molecule has 0 amide bonds. The molecule has 0 bridgehead atoms. The summed E-state index contributed by atoms with van der Waals surface area (Å²) in [5.41, 5.74) is 1.43. The summed E-state index contributed by atoms with van der Waals surface area (Å²) in [6.45, 7) is 4.03. The normalized spacial score (nSPS) is 11.0. The number of hydrogen-bond donors (Lipinski definition) is 0. The van der Waals surface area contributed by atoms with Crippen molar-refractivity contribution < 1.29 is 4.39 Å². The molecule has 0 unspecified atom stereocenters. The van der Waals surface area contributed by atoms with E-state index in [1.807, 2.05) is 13.8 Å². The summed E-state index contributed by atoms with van der Waals surface area (Å²) in [5, 5.41) is 0.361. The minimum Gasteiger partial charge on any atom is -0.233 e. The van der Waals surface area contributed by atoms with Gasteiger partial charge in [-0.05, 0) is 30.2 Å². The maximum Gasteiger partial charge on any atom is 0.162 e. The molecule has 1 aromatic carbocycles. The lowest BCUT2D eigenvalue weighted by Gasteiger charge is -2.09. The molecule has 0 spiro atoms. The van der Waals surface area contributed by atoms with Gasteiger partial charge in [0.15, 0.2) is 5.82 Å². The second kappa shape index (κ2) is 5.33. The van der Waals surface area contributed by atoms with Crippen LogP contribution < -0.4 is 0 Å². The Balaban J connectivity index is 2.60. The molecular formula is C13H11BrClFN2. The van der Waals surface area contributed by atoms with Gasteiger partial charge in [0.1, 0.15) is 11.0 Å². The van der Waals surface area contributed by atoms with Gasteiger partial charge in [0, 0.05) is 15.7 Å². The predicted octanol–water partition coefficient (Wildman–Crippen LogP) is 4.82. The van der Waals surface area contributed by atoms with Crippen LogP contribution in [-0.2, 0) is 0 Å². The van der Waals surface area contributed by atoms with Crippen LogP contribution in [0.4, 0.5) is 4.39 Å². The third-order valence-electron chi connectivity index (χ3n) is 2.48. The van der Waals surface area contributed by atoms with Crippen LogP contribution in [0.1, 0.15) is 25.5 Å². The van der Waals surface area contributed by atoms with E-state index in [9.17, 15) is 4.39 Å². The van der Waals surface area contributed by atoms with E-state index in [0.717, 1.165) is 10.2 Å². The Morgan fingerprint density at radius 1 is 1.22 bits per heavy atom. The van der Waals surface area contributed by atoms with Crippen molar-refractivity contribution in [1.82, 2.24) is 9.97 Å². The predicted molar refractivity (Wildman–Crippen MR) is 74.2 cm³/mol. The molecular weight excluding hydrogens is 319 g/mol. The first kappa shape index (κ1) is 13.4. The molecule has 0 aliphatic carbocycles. The van der Waals surface area contributed by atoms with Gasteiger partial charge in [0.05, 0.1) is 0 Å². The summed E-state index contributed by atoms with van der Waals surface area (Å²) in [5.74, 6) is 0.331. The van der Waals surface area contributed by atoms with E-state index < -0.39 is 0 Å². The molecule has 18 heavy (non-hydrogen) atoms. The van der Waals surface area contributed by atoms with Crippen LogP contribution >= 0.6 is 27.5 Å². The molecule has 0 atom stereocenters. The van der Waals surface area contributed by atoms with Crippen LogP contribution in [0.3, 0.4) is 0 Å². The molecule has 0 N–H and O–H groups in total. The summed E-state index contributed by atoms with van der Waals surface area (Å²) < 4.78 is 14.0. The molecule has 1 heterocycles. The van der Waals surface area contributed by atoms with Crippen molar-refractivity contribution in [2.75, 3.05) is 0 Å². The van der Waals surface area contributed by atoms with Gasteiger partial charge < -0.3 is 0 Å². The third kappa shape index (κ3) is 2.87. The second-order valence-electron chi connectivity index (χ2n) is 4.22. The van der Waals surface area contributed by atoms with Gasteiger partial charge in [0.2, 0.25) is 0 Å². The highest BCUT2D eigenvalue weighted by Gasteiger charge is 2.12. The average Bonchev–Trinajstić information content (AvgIpc) is 2.31. The van der Waals surface area contributed by atoms with Crippen LogP contribution in [0.5, 0.6) is 0 Å². The Hall–Kier alpha value is -1.000. The van der Waals surface area contributed by atoms with Crippen molar-refractivity contribution in [2.45, 2.75) is 19.8 Å². The zero-order chi connectivity index (χ0) is 13.3. The molecule has 0 aliphatic rings. The number of hydrogen-bond acceptors (Lipinski definition) is 2. The van der Waals surface area contributed by atoms with Crippen LogP contribution in [-0.4, -0.2) is 9.97 Å². The van der Waals surface area contributed by atoms with Gasteiger partial charge in [-0.1, -0.05) is 41.4 Å². The zero-order valence-electron chi connectivity index (χ0n) is 9.92. The standard InChI is InChI=1S/C13H11BrClFN2/c1-7(2)11-6-12(15)18-13(17-11)9-5-8(16)3-4-10(9)14/h3-7H,1-2H3. The molecule has 2 nitrogen and oxygen atoms in total. The van der Waals surface area contributed by atoms with Crippen LogP contribution in [0.2, 0.25) is 5.15 Å². The number of benzene rings is 1. The summed E-state index contributed by atoms with van der Waals surface area (Å²) in [6.07, 6.45) is 0. The molecule has 1 aromatic heterocycles. The fourth-order valence-corrected chi connectivity index (χ4v) is 2.14. The first-order chi connectivity index (χ1) is 8.47. The molecule has 5 heteroatoms. The number of nitrogens with zero attached hydrogens (tertiary/aromatic N) is 2. The molecule has 2 rings (SSSR count). The Labute approximate surface area is 118 Å². The van der Waals surface area contributed by atoms with Crippen molar-refractivity contribution in [2.24, 2.45) is 0 Å². The van der Waals surface area contributed by atoms with Crippen molar-refractivity contribution in [3.8, 4) is 11.4 Å². The smallest absolute Gasteiger partial charge is 0.162 e. The van der Waals surface area contributed by atoms with Crippen LogP contribution in [0, 0.1) is 5.82 Å². The Bertz CT molecular complexity index is 587. The summed E-state index contributed by atoms with van der Waals surface area (Å²) in [7, 11) is 0. The highest BCUT2D eigenvalue weighted by Crippen LogP contribution is 2.28. The molecule has 0 saturated heterocycles. The van der Waals surface area contributed by atoms with E-state index in [2.05, 4.69) is 25.9 Å². The maximum atomic E-state index is 13.3. The molecule has 0 saturated carbocycles. The Morgan fingerprint density at radius 3 is 2.61 bits per heavy atom. The van der Waals surface area contributed by atoms with Gasteiger partial charge in [-0.15, -0.1) is 0 Å². The summed E-state index contributed by atoms with van der Waals surface area (Å²) in [4.78, 5) is 8.56. The van der Waals surface area contributed by atoms with E-state index in [0.29, 0.717) is 16.5 Å². The Kier molecular flexibility index (Phi) is 3.97. The van der Waals surface area contributed by atoms with Crippen molar-refractivity contribution >= 4 is 27.5 Å². The Morgan fingerprint density at radius 2 is 1.94 bits per heavy atom. The van der Waals surface area contributed by atoms with Crippen molar-refractivity contribution in [3.63, 3.8) is 0 Å². The average molecular weight is 330 g/mol. The summed E-state index contributed by atoms with van der Waals surface area (Å²) >= 11 is 9.34. The molecule has 0 radical (unpaired) electrons. The van der Waals surface area contributed by atoms with Gasteiger partial charge in [-0.2, -0.15) is 0 Å². The van der Waals surface area contributed by atoms with Crippen LogP contribution in [0.25, 0.3) is 11.4 Å². The van der Waals surface area contributed by atoms with Gasteiger partial charge in [-0.3, -0.25) is 0 Å². The lowest BCUT2D eigenvalue weighted by Crippen LogP contribution is -1.98. The van der Waals surface area contributed by atoms with E-state index in [1.165, 1.54) is 12.1 Å². The van der Waals surface area contributed by atoms with E-state index >= 15 is 0 Å². The third-order valence-corrected chi connectivity index (χ3v) is 3.36. The maximum absolute atomic E-state index is 13.3. The lowest BCUT2D eigenvalue weighted by molar-refractivity contribution is 0.628. The highest BCUT2D eigenvalue weighted by molar-refractivity contribution is 9.10. The SMILES string of the molecule is CC(C)c1cc(Cl)nc(-c2cc(F)ccc2Br)n1. The fraction of sp³-hybridized carbons (Fsp3) is 0.231. The number of aromatic nitrogens is 2. The van der Waals surface area contributed by atoms with Gasteiger partial charge in [0.25, 0.3) is 0 Å². The minimum atomic E-state index is -0.331. The molecule has 0 aliphatic heterocycles. The fourth-order valence-electron chi connectivity index (χ4n) is 1.52. The monoisotopic (exact) mass is 328 g/mol. The quantitative estimate of drug-likeness (QED) is 0.738. The first-order valence-corrected chi connectivity index (χ1v) is 6.64. The van der Waals surface area contributed by atoms with E-state index in [-0.39, 0.29) is 11.7 Å². The van der Waals surface area contributed by atoms with Crippen molar-refractivity contribution in [1.29, 1.82) is 0 Å². The number of rotatable bonds is 2. The van der Waals surface area contributed by atoms with Gasteiger partial charge in [-0.25, -0.2) is 14.4 Å².